The molecule has 1 unspecified atom stereocenters. The fourth-order valence-electron chi connectivity index (χ4n) is 2.63. The van der Waals surface area contributed by atoms with E-state index >= 15 is 0 Å². The Labute approximate surface area is 149 Å². The van der Waals surface area contributed by atoms with Crippen LogP contribution < -0.4 is 10.7 Å². The van der Waals surface area contributed by atoms with Crippen LogP contribution in [-0.2, 0) is 0 Å². The molecule has 0 aromatic heterocycles. The number of aryl methyl sites for hydroxylation is 1. The van der Waals surface area contributed by atoms with Crippen LogP contribution in [0.5, 0.6) is 0 Å². The Morgan fingerprint density at radius 1 is 1.25 bits per heavy atom. The maximum absolute atomic E-state index is 12.8. The lowest BCUT2D eigenvalue weighted by Crippen LogP contribution is -2.57. The molecule has 0 saturated carbocycles. The lowest BCUT2D eigenvalue weighted by atomic mass is 10.1. The number of amides is 2. The van der Waals surface area contributed by atoms with Crippen molar-refractivity contribution >= 4 is 33.4 Å². The van der Waals surface area contributed by atoms with Crippen LogP contribution in [-0.4, -0.2) is 23.0 Å². The quantitative estimate of drug-likeness (QED) is 0.843. The van der Waals surface area contributed by atoms with E-state index in [1.54, 1.807) is 18.2 Å². The largest absolute Gasteiger partial charge is 0.363 e. The Hall–Kier alpha value is -2.34. The van der Waals surface area contributed by atoms with Crippen LogP contribution >= 0.6 is 15.9 Å². The number of nitrogens with zero attached hydrogens (tertiary/aromatic N) is 1. The van der Waals surface area contributed by atoms with Crippen LogP contribution in [0.1, 0.15) is 39.6 Å². The molecule has 0 bridgehead atoms. The van der Waals surface area contributed by atoms with Gasteiger partial charge in [0, 0.05) is 15.7 Å². The standard InChI is InChI=1S/C18H18BrN3O2/c1-3-16-20-15-9-8-13(19)10-14(15)18(24)22(16)21-17(23)12-6-4-11(2)5-7-12/h4-10,16,20H,3H2,1-2H3,(H,21,23). The van der Waals surface area contributed by atoms with Gasteiger partial charge >= 0.3 is 0 Å². The van der Waals surface area contributed by atoms with E-state index in [0.29, 0.717) is 17.5 Å². The first kappa shape index (κ1) is 16.5. The number of hydrogen-bond donors (Lipinski definition) is 2. The minimum Gasteiger partial charge on any atom is -0.363 e. The van der Waals surface area contributed by atoms with Gasteiger partial charge in [-0.3, -0.25) is 15.0 Å². The van der Waals surface area contributed by atoms with Crippen LogP contribution in [0.15, 0.2) is 46.9 Å². The minimum atomic E-state index is -0.304. The molecule has 0 fully saturated rings. The van der Waals surface area contributed by atoms with E-state index in [-0.39, 0.29) is 18.0 Å². The molecule has 0 radical (unpaired) electrons. The molecule has 5 nitrogen and oxygen atoms in total. The predicted molar refractivity (Wildman–Crippen MR) is 96.7 cm³/mol. The molecule has 0 saturated heterocycles. The second-order valence-electron chi connectivity index (χ2n) is 5.74. The topological polar surface area (TPSA) is 61.4 Å². The number of nitrogens with one attached hydrogen (secondary N) is 2. The maximum Gasteiger partial charge on any atom is 0.276 e. The second-order valence-corrected chi connectivity index (χ2v) is 6.66. The molecule has 6 heteroatoms. The van der Waals surface area contributed by atoms with Gasteiger partial charge in [0.15, 0.2) is 0 Å². The normalized spacial score (nSPS) is 16.4. The molecule has 1 heterocycles. The number of anilines is 1. The van der Waals surface area contributed by atoms with Crippen molar-refractivity contribution in [1.82, 2.24) is 10.4 Å². The van der Waals surface area contributed by atoms with Gasteiger partial charge in [-0.05, 0) is 43.7 Å². The average Bonchev–Trinajstić information content (AvgIpc) is 2.58. The number of carbonyl (C=O) groups is 2. The van der Waals surface area contributed by atoms with E-state index in [4.69, 9.17) is 0 Å². The zero-order valence-corrected chi connectivity index (χ0v) is 15.1. The molecule has 3 rings (SSSR count). The van der Waals surface area contributed by atoms with Gasteiger partial charge < -0.3 is 5.32 Å². The summed E-state index contributed by atoms with van der Waals surface area (Å²) >= 11 is 3.38. The van der Waals surface area contributed by atoms with E-state index in [1.165, 1.54) is 5.01 Å². The molecule has 2 amide bonds. The van der Waals surface area contributed by atoms with Crippen LogP contribution in [0.2, 0.25) is 0 Å². The zero-order chi connectivity index (χ0) is 17.3. The molecule has 2 aromatic carbocycles. The van der Waals surface area contributed by atoms with E-state index in [9.17, 15) is 9.59 Å². The van der Waals surface area contributed by atoms with Gasteiger partial charge in [0.25, 0.3) is 11.8 Å². The van der Waals surface area contributed by atoms with Crippen LogP contribution in [0.4, 0.5) is 5.69 Å². The Morgan fingerprint density at radius 3 is 2.62 bits per heavy atom. The Bertz CT molecular complexity index is 789. The molecule has 0 spiro atoms. The number of halogens is 1. The maximum atomic E-state index is 12.8. The van der Waals surface area contributed by atoms with Crippen molar-refractivity contribution in [2.75, 3.05) is 5.32 Å². The zero-order valence-electron chi connectivity index (χ0n) is 13.5. The predicted octanol–water partition coefficient (Wildman–Crippen LogP) is 3.71. The molecular weight excluding hydrogens is 370 g/mol. The molecular formula is C18H18BrN3O2. The van der Waals surface area contributed by atoms with Gasteiger partial charge in [-0.15, -0.1) is 0 Å². The van der Waals surface area contributed by atoms with Gasteiger partial charge in [-0.1, -0.05) is 40.5 Å². The van der Waals surface area contributed by atoms with E-state index in [0.717, 1.165) is 15.7 Å². The molecule has 24 heavy (non-hydrogen) atoms. The first-order valence-corrected chi connectivity index (χ1v) is 8.56. The number of fused-ring (bicyclic) bond motifs is 1. The highest BCUT2D eigenvalue weighted by atomic mass is 79.9. The van der Waals surface area contributed by atoms with Gasteiger partial charge in [-0.2, -0.15) is 0 Å². The number of benzene rings is 2. The van der Waals surface area contributed by atoms with E-state index in [1.807, 2.05) is 38.1 Å². The van der Waals surface area contributed by atoms with Crippen molar-refractivity contribution in [3.8, 4) is 0 Å². The smallest absolute Gasteiger partial charge is 0.276 e. The summed E-state index contributed by atoms with van der Waals surface area (Å²) in [5.41, 5.74) is 5.63. The summed E-state index contributed by atoms with van der Waals surface area (Å²) in [7, 11) is 0. The van der Waals surface area contributed by atoms with Gasteiger partial charge in [-0.25, -0.2) is 5.01 Å². The first-order valence-electron chi connectivity index (χ1n) is 7.77. The lowest BCUT2D eigenvalue weighted by molar-refractivity contribution is 0.0488. The number of carbonyl (C=O) groups excluding carboxylic acids is 2. The van der Waals surface area contributed by atoms with Crippen LogP contribution in [0.3, 0.4) is 0 Å². The van der Waals surface area contributed by atoms with Gasteiger partial charge in [0.1, 0.15) is 6.17 Å². The Balaban J connectivity index is 1.87. The van der Waals surface area contributed by atoms with Crippen LogP contribution in [0, 0.1) is 6.92 Å². The highest BCUT2D eigenvalue weighted by molar-refractivity contribution is 9.10. The molecule has 1 atom stereocenters. The minimum absolute atomic E-state index is 0.225. The molecule has 124 valence electrons. The third-order valence-corrected chi connectivity index (χ3v) is 4.48. The molecule has 2 N–H and O–H groups in total. The highest BCUT2D eigenvalue weighted by Crippen LogP contribution is 2.28. The summed E-state index contributed by atoms with van der Waals surface area (Å²) in [6.07, 6.45) is 0.371. The van der Waals surface area contributed by atoms with Crippen molar-refractivity contribution in [3.63, 3.8) is 0 Å². The second kappa shape index (κ2) is 6.65. The molecule has 1 aliphatic rings. The van der Waals surface area contributed by atoms with Crippen molar-refractivity contribution in [2.45, 2.75) is 26.4 Å². The number of hydrogen-bond acceptors (Lipinski definition) is 3. The Kier molecular flexibility index (Phi) is 4.57. The summed E-state index contributed by atoms with van der Waals surface area (Å²) < 4.78 is 0.816. The van der Waals surface area contributed by atoms with Crippen molar-refractivity contribution < 1.29 is 9.59 Å². The molecule has 1 aliphatic heterocycles. The fraction of sp³-hybridized carbons (Fsp3) is 0.222. The summed E-state index contributed by atoms with van der Waals surface area (Å²) in [6, 6.07) is 12.7. The van der Waals surface area contributed by atoms with Crippen LogP contribution in [0.25, 0.3) is 0 Å². The molecule has 2 aromatic rings. The average molecular weight is 388 g/mol. The number of hydrazine groups is 1. The highest BCUT2D eigenvalue weighted by Gasteiger charge is 2.32. The van der Waals surface area contributed by atoms with E-state index in [2.05, 4.69) is 26.7 Å². The Morgan fingerprint density at radius 2 is 1.96 bits per heavy atom. The summed E-state index contributed by atoms with van der Waals surface area (Å²) in [5.74, 6) is -0.528. The summed E-state index contributed by atoms with van der Waals surface area (Å²) in [4.78, 5) is 25.3. The lowest BCUT2D eigenvalue weighted by Gasteiger charge is -2.37. The van der Waals surface area contributed by atoms with Gasteiger partial charge in [0.2, 0.25) is 0 Å². The number of rotatable bonds is 3. The SMILES string of the molecule is CCC1Nc2ccc(Br)cc2C(=O)N1NC(=O)c1ccc(C)cc1. The molecule has 0 aliphatic carbocycles. The van der Waals surface area contributed by atoms with E-state index < -0.39 is 0 Å². The third-order valence-electron chi connectivity index (χ3n) is 3.99. The fourth-order valence-corrected chi connectivity index (χ4v) is 2.99. The van der Waals surface area contributed by atoms with Crippen molar-refractivity contribution in [3.05, 3.63) is 63.6 Å². The summed E-state index contributed by atoms with van der Waals surface area (Å²) in [5, 5.41) is 4.66. The van der Waals surface area contributed by atoms with Crippen molar-refractivity contribution in [2.24, 2.45) is 0 Å². The monoisotopic (exact) mass is 387 g/mol. The third kappa shape index (κ3) is 3.14. The first-order chi connectivity index (χ1) is 11.5. The van der Waals surface area contributed by atoms with Gasteiger partial charge in [0.05, 0.1) is 5.56 Å². The van der Waals surface area contributed by atoms with Crippen molar-refractivity contribution in [1.29, 1.82) is 0 Å². The summed E-state index contributed by atoms with van der Waals surface area (Å²) in [6.45, 7) is 3.92.